The van der Waals surface area contributed by atoms with Gasteiger partial charge in [-0.05, 0) is 22.0 Å². The van der Waals surface area contributed by atoms with Gasteiger partial charge in [-0.1, -0.05) is 11.6 Å². The number of aromatic amines is 2. The maximum absolute atomic E-state index is 11.7. The Bertz CT molecular complexity index is 766. The molecule has 18 heavy (non-hydrogen) atoms. The molecule has 0 unspecified atom stereocenters. The predicted octanol–water partition coefficient (Wildman–Crippen LogP) is 2.18. The van der Waals surface area contributed by atoms with Crippen molar-refractivity contribution >= 4 is 27.5 Å². The fraction of sp³-hybridized carbons (Fsp3) is 0.0909. The van der Waals surface area contributed by atoms with E-state index in [0.717, 1.165) is 10.0 Å². The summed E-state index contributed by atoms with van der Waals surface area (Å²) in [5.74, 6) is 0.714. The van der Waals surface area contributed by atoms with E-state index in [2.05, 4.69) is 25.9 Å². The number of hydrogen-bond donors (Lipinski definition) is 2. The van der Waals surface area contributed by atoms with Crippen LogP contribution in [0.25, 0.3) is 0 Å². The zero-order chi connectivity index (χ0) is 12.9. The quantitative estimate of drug-likeness (QED) is 0.664. The highest BCUT2D eigenvalue weighted by atomic mass is 79.9. The van der Waals surface area contributed by atoms with Crippen LogP contribution in [0.3, 0.4) is 0 Å². The summed E-state index contributed by atoms with van der Waals surface area (Å²) in [5, 5.41) is 0.504. The predicted molar refractivity (Wildman–Crippen MR) is 69.7 cm³/mol. The number of ether oxygens (including phenoxy) is 1. The molecule has 1 aliphatic rings. The van der Waals surface area contributed by atoms with Gasteiger partial charge in [0.25, 0.3) is 5.56 Å². The van der Waals surface area contributed by atoms with Crippen LogP contribution in [0.15, 0.2) is 26.2 Å². The Morgan fingerprint density at radius 3 is 2.83 bits per heavy atom. The molecule has 0 saturated carbocycles. The second-order valence-corrected chi connectivity index (χ2v) is 5.13. The van der Waals surface area contributed by atoms with Crippen molar-refractivity contribution in [3.8, 4) is 11.6 Å². The van der Waals surface area contributed by atoms with Crippen LogP contribution < -0.4 is 16.0 Å². The highest BCUT2D eigenvalue weighted by Crippen LogP contribution is 2.37. The van der Waals surface area contributed by atoms with Gasteiger partial charge in [0.1, 0.15) is 5.75 Å². The van der Waals surface area contributed by atoms with Crippen molar-refractivity contribution in [1.82, 2.24) is 9.97 Å². The number of aromatic nitrogens is 2. The lowest BCUT2D eigenvalue weighted by Crippen LogP contribution is -2.27. The molecule has 3 rings (SSSR count). The average molecular weight is 330 g/mol. The van der Waals surface area contributed by atoms with Crippen molar-refractivity contribution in [2.45, 2.75) is 6.42 Å². The summed E-state index contributed by atoms with van der Waals surface area (Å²) in [7, 11) is 0. The van der Waals surface area contributed by atoms with E-state index < -0.39 is 11.2 Å². The molecule has 0 fully saturated rings. The number of benzene rings is 1. The van der Waals surface area contributed by atoms with Crippen LogP contribution in [0.1, 0.15) is 11.1 Å². The minimum atomic E-state index is -0.592. The molecule has 7 heteroatoms. The minimum Gasteiger partial charge on any atom is -0.440 e. The Hall–Kier alpha value is -1.53. The highest BCUT2D eigenvalue weighted by Gasteiger charge is 2.22. The van der Waals surface area contributed by atoms with E-state index in [-0.39, 0.29) is 5.88 Å². The van der Waals surface area contributed by atoms with Crippen molar-refractivity contribution in [1.29, 1.82) is 0 Å². The SMILES string of the molecule is O=c1[nH]c2c(c(=O)[nH]1)Cc1cc(Br)c(Cl)cc1O2. The molecule has 0 saturated heterocycles. The zero-order valence-electron chi connectivity index (χ0n) is 8.84. The zero-order valence-corrected chi connectivity index (χ0v) is 11.2. The van der Waals surface area contributed by atoms with E-state index in [0.29, 0.717) is 22.8 Å². The van der Waals surface area contributed by atoms with Crippen LogP contribution >= 0.6 is 27.5 Å². The van der Waals surface area contributed by atoms with Crippen molar-refractivity contribution < 1.29 is 4.74 Å². The lowest BCUT2D eigenvalue weighted by molar-refractivity contribution is 0.435. The monoisotopic (exact) mass is 328 g/mol. The molecule has 1 aromatic carbocycles. The second-order valence-electron chi connectivity index (χ2n) is 3.87. The molecule has 0 bridgehead atoms. The molecule has 1 aliphatic heterocycles. The summed E-state index contributed by atoms with van der Waals surface area (Å²) in [5.41, 5.74) is 0.198. The molecule has 0 atom stereocenters. The molecular formula is C11H6BrClN2O3. The van der Waals surface area contributed by atoms with Crippen molar-refractivity contribution in [2.75, 3.05) is 0 Å². The molecule has 2 heterocycles. The number of H-pyrrole nitrogens is 2. The van der Waals surface area contributed by atoms with Crippen LogP contribution in [0.5, 0.6) is 11.6 Å². The third kappa shape index (κ3) is 1.77. The highest BCUT2D eigenvalue weighted by molar-refractivity contribution is 9.10. The number of halogens is 2. The second kappa shape index (κ2) is 4.00. The Kier molecular flexibility index (Phi) is 2.57. The molecule has 1 aromatic heterocycles. The largest absolute Gasteiger partial charge is 0.440 e. The van der Waals surface area contributed by atoms with Gasteiger partial charge in [-0.25, -0.2) is 4.79 Å². The van der Waals surface area contributed by atoms with E-state index in [9.17, 15) is 9.59 Å². The van der Waals surface area contributed by atoms with Crippen LogP contribution in [0.2, 0.25) is 5.02 Å². The summed E-state index contributed by atoms with van der Waals surface area (Å²) in [4.78, 5) is 27.4. The van der Waals surface area contributed by atoms with E-state index in [1.165, 1.54) is 0 Å². The van der Waals surface area contributed by atoms with E-state index in [1.807, 2.05) is 0 Å². The first-order chi connectivity index (χ1) is 8.54. The first kappa shape index (κ1) is 11.6. The van der Waals surface area contributed by atoms with Crippen LogP contribution in [-0.4, -0.2) is 9.97 Å². The fourth-order valence-electron chi connectivity index (χ4n) is 1.84. The summed E-state index contributed by atoms with van der Waals surface area (Å²) in [6.07, 6.45) is 0.381. The van der Waals surface area contributed by atoms with Crippen LogP contribution in [0, 0.1) is 0 Å². The van der Waals surface area contributed by atoms with Gasteiger partial charge >= 0.3 is 5.69 Å². The normalized spacial score (nSPS) is 12.6. The molecule has 0 radical (unpaired) electrons. The van der Waals surface area contributed by atoms with Crippen LogP contribution in [0.4, 0.5) is 0 Å². The van der Waals surface area contributed by atoms with Gasteiger partial charge in [0, 0.05) is 22.5 Å². The van der Waals surface area contributed by atoms with Gasteiger partial charge < -0.3 is 4.74 Å². The lowest BCUT2D eigenvalue weighted by Gasteiger charge is -2.19. The molecule has 2 N–H and O–H groups in total. The third-order valence-electron chi connectivity index (χ3n) is 2.68. The number of rotatable bonds is 0. The van der Waals surface area contributed by atoms with E-state index in [4.69, 9.17) is 16.3 Å². The summed E-state index contributed by atoms with van der Waals surface area (Å²) < 4.78 is 6.23. The number of nitrogens with one attached hydrogen (secondary N) is 2. The van der Waals surface area contributed by atoms with E-state index >= 15 is 0 Å². The smallest absolute Gasteiger partial charge is 0.328 e. The van der Waals surface area contributed by atoms with Gasteiger partial charge in [-0.15, -0.1) is 0 Å². The van der Waals surface area contributed by atoms with Gasteiger partial charge in [-0.3, -0.25) is 14.8 Å². The summed E-state index contributed by atoms with van der Waals surface area (Å²) in [6.45, 7) is 0. The summed E-state index contributed by atoms with van der Waals surface area (Å²) in [6, 6.07) is 3.44. The van der Waals surface area contributed by atoms with Crippen LogP contribution in [-0.2, 0) is 6.42 Å². The molecule has 0 aliphatic carbocycles. The van der Waals surface area contributed by atoms with Gasteiger partial charge in [0.15, 0.2) is 0 Å². The first-order valence-electron chi connectivity index (χ1n) is 5.06. The van der Waals surface area contributed by atoms with Gasteiger partial charge in [-0.2, -0.15) is 0 Å². The fourth-order valence-corrected chi connectivity index (χ4v) is 2.39. The molecular weight excluding hydrogens is 323 g/mol. The number of hydrogen-bond acceptors (Lipinski definition) is 3. The minimum absolute atomic E-state index is 0.176. The molecule has 2 aromatic rings. The maximum atomic E-state index is 11.7. The van der Waals surface area contributed by atoms with Crippen molar-refractivity contribution in [2.24, 2.45) is 0 Å². The Morgan fingerprint density at radius 1 is 1.28 bits per heavy atom. The Morgan fingerprint density at radius 2 is 2.06 bits per heavy atom. The molecule has 0 amide bonds. The topological polar surface area (TPSA) is 75.0 Å². The molecule has 0 spiro atoms. The van der Waals surface area contributed by atoms with Gasteiger partial charge in [0.05, 0.1) is 10.6 Å². The van der Waals surface area contributed by atoms with E-state index in [1.54, 1.807) is 12.1 Å². The first-order valence-corrected chi connectivity index (χ1v) is 6.23. The van der Waals surface area contributed by atoms with Crippen molar-refractivity contribution in [3.05, 3.63) is 53.6 Å². The molecule has 92 valence electrons. The Labute approximate surface area is 114 Å². The third-order valence-corrected chi connectivity index (χ3v) is 3.88. The van der Waals surface area contributed by atoms with Gasteiger partial charge in [0.2, 0.25) is 5.88 Å². The maximum Gasteiger partial charge on any atom is 0.328 e. The average Bonchev–Trinajstić information content (AvgIpc) is 2.29. The Balaban J connectivity index is 2.21. The number of fused-ring (bicyclic) bond motifs is 2. The van der Waals surface area contributed by atoms with Crippen molar-refractivity contribution in [3.63, 3.8) is 0 Å². The molecule has 5 nitrogen and oxygen atoms in total. The lowest BCUT2D eigenvalue weighted by atomic mass is 10.0. The standard InChI is InChI=1S/C11H6BrClN2O3/c12-6-2-4-1-5-9(16)14-11(17)15-10(5)18-8(4)3-7(6)13/h2-3H,1H2,(H2,14,15,16,17). The summed E-state index contributed by atoms with van der Waals surface area (Å²) >= 11 is 9.28.